The molecule has 1 aliphatic heterocycles. The maximum atomic E-state index is 12.7. The van der Waals surface area contributed by atoms with Crippen LogP contribution in [0.25, 0.3) is 0 Å². The maximum Gasteiger partial charge on any atom is 0.416 e. The number of piperidine rings is 1. The molecular formula is C20H20F3N5O. The molecule has 1 aromatic carbocycles. The van der Waals surface area contributed by atoms with Crippen LogP contribution in [0.3, 0.4) is 0 Å². The smallest absolute Gasteiger partial charge is 0.356 e. The second-order valence-corrected chi connectivity index (χ2v) is 6.83. The van der Waals surface area contributed by atoms with Gasteiger partial charge in [0, 0.05) is 31.5 Å². The summed E-state index contributed by atoms with van der Waals surface area (Å²) in [6, 6.07) is 9.57. The average Bonchev–Trinajstić information content (AvgIpc) is 2.72. The zero-order valence-corrected chi connectivity index (χ0v) is 15.5. The quantitative estimate of drug-likeness (QED) is 0.808. The van der Waals surface area contributed by atoms with Crippen molar-refractivity contribution in [3.05, 3.63) is 53.7 Å². The van der Waals surface area contributed by atoms with E-state index < -0.39 is 17.8 Å². The number of nitrogens with zero attached hydrogens (tertiary/aromatic N) is 3. The third kappa shape index (κ3) is 5.38. The Morgan fingerprint density at radius 3 is 2.69 bits per heavy atom. The number of nitrogens with one attached hydrogen (secondary N) is 2. The van der Waals surface area contributed by atoms with E-state index in [0.717, 1.165) is 25.0 Å². The van der Waals surface area contributed by atoms with Crippen LogP contribution < -0.4 is 15.5 Å². The van der Waals surface area contributed by atoms with Gasteiger partial charge in [-0.2, -0.15) is 18.4 Å². The van der Waals surface area contributed by atoms with Crippen LogP contribution in [0, 0.1) is 17.2 Å². The molecule has 1 saturated heterocycles. The molecule has 0 radical (unpaired) electrons. The fourth-order valence-electron chi connectivity index (χ4n) is 3.27. The Hall–Kier alpha value is -3.28. The molecule has 6 nitrogen and oxygen atoms in total. The number of hydrogen-bond donors (Lipinski definition) is 2. The van der Waals surface area contributed by atoms with Crippen molar-refractivity contribution in [2.75, 3.05) is 29.9 Å². The van der Waals surface area contributed by atoms with Gasteiger partial charge in [-0.25, -0.2) is 9.78 Å². The highest BCUT2D eigenvalue weighted by Crippen LogP contribution is 2.30. The monoisotopic (exact) mass is 403 g/mol. The van der Waals surface area contributed by atoms with Gasteiger partial charge < -0.3 is 15.5 Å². The Bertz CT molecular complexity index is 901. The van der Waals surface area contributed by atoms with E-state index in [9.17, 15) is 23.2 Å². The normalized spacial score (nSPS) is 14.9. The van der Waals surface area contributed by atoms with Crippen LogP contribution in [0.1, 0.15) is 24.0 Å². The first-order valence-corrected chi connectivity index (χ1v) is 9.19. The first-order valence-electron chi connectivity index (χ1n) is 9.19. The Balaban J connectivity index is 1.47. The number of halogens is 3. The van der Waals surface area contributed by atoms with Crippen LogP contribution in [0.4, 0.5) is 29.5 Å². The Morgan fingerprint density at radius 1 is 1.24 bits per heavy atom. The fraction of sp³-hybridized carbons (Fsp3) is 0.350. The van der Waals surface area contributed by atoms with Gasteiger partial charge in [0.1, 0.15) is 11.9 Å². The number of carbonyl (C=O) groups excluding carboxylic acids is 1. The van der Waals surface area contributed by atoms with Gasteiger partial charge in [-0.05, 0) is 49.1 Å². The number of alkyl halides is 3. The molecule has 1 aliphatic rings. The molecule has 0 atom stereocenters. The van der Waals surface area contributed by atoms with E-state index >= 15 is 0 Å². The summed E-state index contributed by atoms with van der Waals surface area (Å²) in [6.45, 7) is 1.85. The van der Waals surface area contributed by atoms with E-state index in [1.54, 1.807) is 18.3 Å². The zero-order valence-electron chi connectivity index (χ0n) is 15.5. The lowest BCUT2D eigenvalue weighted by Gasteiger charge is -2.33. The number of anilines is 2. The van der Waals surface area contributed by atoms with E-state index in [-0.39, 0.29) is 11.6 Å². The maximum absolute atomic E-state index is 12.7. The van der Waals surface area contributed by atoms with E-state index in [2.05, 4.69) is 26.6 Å². The number of amides is 2. The molecular weight excluding hydrogens is 383 g/mol. The molecule has 2 aromatic rings. The minimum Gasteiger partial charge on any atom is -0.356 e. The van der Waals surface area contributed by atoms with Gasteiger partial charge in [0.2, 0.25) is 0 Å². The summed E-state index contributed by atoms with van der Waals surface area (Å²) in [5.41, 5.74) is -0.190. The average molecular weight is 403 g/mol. The Kier molecular flexibility index (Phi) is 6.22. The van der Waals surface area contributed by atoms with Gasteiger partial charge in [0.25, 0.3) is 0 Å². The molecule has 0 unspecified atom stereocenters. The topological polar surface area (TPSA) is 81.1 Å². The van der Waals surface area contributed by atoms with E-state index in [0.29, 0.717) is 31.0 Å². The highest BCUT2D eigenvalue weighted by molar-refractivity contribution is 5.89. The predicted octanol–water partition coefficient (Wildman–Crippen LogP) is 4.01. The van der Waals surface area contributed by atoms with Gasteiger partial charge in [-0.15, -0.1) is 0 Å². The molecule has 0 saturated carbocycles. The number of benzene rings is 1. The van der Waals surface area contributed by atoms with Crippen molar-refractivity contribution in [1.29, 1.82) is 5.26 Å². The first kappa shape index (κ1) is 20.5. The lowest BCUT2D eigenvalue weighted by molar-refractivity contribution is -0.137. The molecule has 0 bridgehead atoms. The minimum absolute atomic E-state index is 0.0892. The summed E-state index contributed by atoms with van der Waals surface area (Å²) in [6.07, 6.45) is -1.18. The van der Waals surface area contributed by atoms with Gasteiger partial charge in [0.05, 0.1) is 11.1 Å². The van der Waals surface area contributed by atoms with Crippen molar-refractivity contribution in [3.63, 3.8) is 0 Å². The summed E-state index contributed by atoms with van der Waals surface area (Å²) >= 11 is 0. The molecule has 2 heterocycles. The van der Waals surface area contributed by atoms with Crippen molar-refractivity contribution >= 4 is 17.5 Å². The molecule has 2 amide bonds. The SMILES string of the molecule is N#Cc1cccnc1N1CCC(CNC(=O)Nc2cccc(C(F)(F)F)c2)CC1. The van der Waals surface area contributed by atoms with Crippen LogP contribution in [0.15, 0.2) is 42.6 Å². The highest BCUT2D eigenvalue weighted by atomic mass is 19.4. The van der Waals surface area contributed by atoms with E-state index in [1.165, 1.54) is 12.1 Å². The molecule has 152 valence electrons. The van der Waals surface area contributed by atoms with Crippen LogP contribution in [0.2, 0.25) is 0 Å². The van der Waals surface area contributed by atoms with Crippen LogP contribution in [0.5, 0.6) is 0 Å². The number of aromatic nitrogens is 1. The summed E-state index contributed by atoms with van der Waals surface area (Å²) < 4.78 is 38.2. The summed E-state index contributed by atoms with van der Waals surface area (Å²) in [5, 5.41) is 14.4. The van der Waals surface area contributed by atoms with Crippen molar-refractivity contribution in [1.82, 2.24) is 10.3 Å². The summed E-state index contributed by atoms with van der Waals surface area (Å²) in [5.74, 6) is 0.913. The van der Waals surface area contributed by atoms with Gasteiger partial charge in [0.15, 0.2) is 0 Å². The van der Waals surface area contributed by atoms with Crippen molar-refractivity contribution in [3.8, 4) is 6.07 Å². The lowest BCUT2D eigenvalue weighted by Crippen LogP contribution is -2.40. The third-order valence-electron chi connectivity index (χ3n) is 4.82. The van der Waals surface area contributed by atoms with E-state index in [4.69, 9.17) is 0 Å². The predicted molar refractivity (Wildman–Crippen MR) is 102 cm³/mol. The summed E-state index contributed by atoms with van der Waals surface area (Å²) in [7, 11) is 0. The van der Waals surface area contributed by atoms with Crippen molar-refractivity contribution in [2.24, 2.45) is 5.92 Å². The minimum atomic E-state index is -4.46. The Morgan fingerprint density at radius 2 is 2.00 bits per heavy atom. The van der Waals surface area contributed by atoms with Crippen LogP contribution in [-0.2, 0) is 6.18 Å². The second kappa shape index (κ2) is 8.82. The number of nitriles is 1. The van der Waals surface area contributed by atoms with Gasteiger partial charge in [-0.3, -0.25) is 0 Å². The standard InChI is InChI=1S/C20H20F3N5O/c21-20(22,23)16-4-1-5-17(11-16)27-19(29)26-13-14-6-9-28(10-7-14)18-15(12-24)3-2-8-25-18/h1-5,8,11,14H,6-7,9-10,13H2,(H2,26,27,29). The van der Waals surface area contributed by atoms with Crippen molar-refractivity contribution in [2.45, 2.75) is 19.0 Å². The molecule has 0 aliphatic carbocycles. The van der Waals surface area contributed by atoms with Gasteiger partial charge in [-0.1, -0.05) is 6.07 Å². The number of hydrogen-bond acceptors (Lipinski definition) is 4. The van der Waals surface area contributed by atoms with Crippen molar-refractivity contribution < 1.29 is 18.0 Å². The van der Waals surface area contributed by atoms with Crippen LogP contribution in [-0.4, -0.2) is 30.6 Å². The second-order valence-electron chi connectivity index (χ2n) is 6.83. The fourth-order valence-corrected chi connectivity index (χ4v) is 3.27. The molecule has 1 fully saturated rings. The summed E-state index contributed by atoms with van der Waals surface area (Å²) in [4.78, 5) is 18.4. The number of rotatable bonds is 4. The lowest BCUT2D eigenvalue weighted by atomic mass is 9.96. The molecule has 3 rings (SSSR count). The van der Waals surface area contributed by atoms with Gasteiger partial charge >= 0.3 is 12.2 Å². The van der Waals surface area contributed by atoms with E-state index in [1.807, 2.05) is 0 Å². The number of pyridine rings is 1. The molecule has 29 heavy (non-hydrogen) atoms. The van der Waals surface area contributed by atoms with Crippen LogP contribution >= 0.6 is 0 Å². The first-order chi connectivity index (χ1) is 13.9. The molecule has 2 N–H and O–H groups in total. The molecule has 9 heteroatoms. The number of carbonyl (C=O) groups is 1. The highest BCUT2D eigenvalue weighted by Gasteiger charge is 2.30. The zero-order chi connectivity index (χ0) is 20.9. The number of urea groups is 1. The molecule has 0 spiro atoms. The Labute approximate surface area is 166 Å². The largest absolute Gasteiger partial charge is 0.416 e. The molecule has 1 aromatic heterocycles. The third-order valence-corrected chi connectivity index (χ3v) is 4.82.